The Balaban J connectivity index is 2.11. The molecule has 3 heteroatoms. The predicted octanol–water partition coefficient (Wildman–Crippen LogP) is 4.03. The van der Waals surface area contributed by atoms with Gasteiger partial charge in [-0.25, -0.2) is 0 Å². The molecule has 3 unspecified atom stereocenters. The van der Waals surface area contributed by atoms with Gasteiger partial charge in [-0.2, -0.15) is 0 Å². The SMILES string of the molecule is CC(c1cccc(Cl)c1)N(C)C1CCCCCC1O. The summed E-state index contributed by atoms with van der Waals surface area (Å²) in [5.74, 6) is 0. The number of nitrogens with zero attached hydrogens (tertiary/aromatic N) is 1. The number of likely N-dealkylation sites (N-methyl/N-ethyl adjacent to an activating group) is 1. The zero-order valence-corrected chi connectivity index (χ0v) is 12.6. The molecule has 0 bridgehead atoms. The van der Waals surface area contributed by atoms with Gasteiger partial charge in [-0.1, -0.05) is 43.0 Å². The average Bonchev–Trinajstić information content (AvgIpc) is 2.62. The summed E-state index contributed by atoms with van der Waals surface area (Å²) in [5.41, 5.74) is 1.21. The summed E-state index contributed by atoms with van der Waals surface area (Å²) in [5, 5.41) is 11.1. The van der Waals surface area contributed by atoms with E-state index < -0.39 is 0 Å². The van der Waals surface area contributed by atoms with Gasteiger partial charge in [0.15, 0.2) is 0 Å². The van der Waals surface area contributed by atoms with Crippen LogP contribution in [0.2, 0.25) is 5.02 Å². The van der Waals surface area contributed by atoms with Crippen molar-refractivity contribution < 1.29 is 5.11 Å². The van der Waals surface area contributed by atoms with Crippen LogP contribution in [0.5, 0.6) is 0 Å². The Hall–Kier alpha value is -0.570. The Morgan fingerprint density at radius 2 is 2.00 bits per heavy atom. The molecule has 2 rings (SSSR count). The molecule has 19 heavy (non-hydrogen) atoms. The van der Waals surface area contributed by atoms with Crippen LogP contribution in [0.25, 0.3) is 0 Å². The lowest BCUT2D eigenvalue weighted by molar-refractivity contribution is 0.0392. The van der Waals surface area contributed by atoms with Gasteiger partial charge in [0.05, 0.1) is 6.10 Å². The van der Waals surface area contributed by atoms with Gasteiger partial charge < -0.3 is 5.11 Å². The second kappa shape index (κ2) is 6.74. The first-order chi connectivity index (χ1) is 9.09. The van der Waals surface area contributed by atoms with Gasteiger partial charge in [-0.05, 0) is 44.5 Å². The van der Waals surface area contributed by atoms with E-state index in [-0.39, 0.29) is 18.2 Å². The van der Waals surface area contributed by atoms with E-state index >= 15 is 0 Å². The Morgan fingerprint density at radius 3 is 2.74 bits per heavy atom. The quantitative estimate of drug-likeness (QED) is 0.846. The highest BCUT2D eigenvalue weighted by molar-refractivity contribution is 6.30. The molecule has 0 aliphatic heterocycles. The van der Waals surface area contributed by atoms with Gasteiger partial charge in [0.2, 0.25) is 0 Å². The Labute approximate surface area is 121 Å². The number of aliphatic hydroxyl groups is 1. The number of hydrogen-bond donors (Lipinski definition) is 1. The van der Waals surface area contributed by atoms with Crippen LogP contribution in [0.15, 0.2) is 24.3 Å². The van der Waals surface area contributed by atoms with Crippen molar-refractivity contribution in [2.75, 3.05) is 7.05 Å². The number of halogens is 1. The van der Waals surface area contributed by atoms with E-state index in [1.807, 2.05) is 18.2 Å². The molecular weight excluding hydrogens is 258 g/mol. The molecule has 1 aliphatic rings. The standard InChI is InChI=1S/C16H24ClNO/c1-12(13-7-6-8-14(17)11-13)18(2)15-9-4-3-5-10-16(15)19/h6-8,11-12,15-16,19H,3-5,9-10H2,1-2H3. The minimum Gasteiger partial charge on any atom is -0.391 e. The van der Waals surface area contributed by atoms with E-state index in [1.54, 1.807) is 0 Å². The third-order valence-electron chi connectivity index (χ3n) is 4.41. The summed E-state index contributed by atoms with van der Waals surface area (Å²) in [4.78, 5) is 2.31. The molecule has 0 heterocycles. The largest absolute Gasteiger partial charge is 0.391 e. The predicted molar refractivity (Wildman–Crippen MR) is 80.5 cm³/mol. The van der Waals surface area contributed by atoms with Gasteiger partial charge in [-0.3, -0.25) is 4.90 Å². The van der Waals surface area contributed by atoms with Crippen LogP contribution in [0.1, 0.15) is 50.6 Å². The van der Waals surface area contributed by atoms with Crippen LogP contribution < -0.4 is 0 Å². The molecule has 1 aromatic carbocycles. The van der Waals surface area contributed by atoms with Gasteiger partial charge in [0, 0.05) is 17.1 Å². The topological polar surface area (TPSA) is 23.5 Å². The first kappa shape index (κ1) is 14.8. The minimum absolute atomic E-state index is 0.200. The van der Waals surface area contributed by atoms with Crippen LogP contribution in [0, 0.1) is 0 Å². The van der Waals surface area contributed by atoms with E-state index in [2.05, 4.69) is 24.9 Å². The van der Waals surface area contributed by atoms with Crippen molar-refractivity contribution in [3.8, 4) is 0 Å². The summed E-state index contributed by atoms with van der Waals surface area (Å²) in [6.07, 6.45) is 5.42. The molecular formula is C16H24ClNO. The Kier molecular flexibility index (Phi) is 5.26. The lowest BCUT2D eigenvalue weighted by Gasteiger charge is -2.35. The van der Waals surface area contributed by atoms with Crippen molar-refractivity contribution >= 4 is 11.6 Å². The molecule has 3 atom stereocenters. The van der Waals surface area contributed by atoms with E-state index in [0.717, 1.165) is 24.3 Å². The maximum atomic E-state index is 10.3. The van der Waals surface area contributed by atoms with Crippen molar-refractivity contribution in [1.82, 2.24) is 4.90 Å². The molecule has 1 aliphatic carbocycles. The van der Waals surface area contributed by atoms with Crippen LogP contribution in [0.3, 0.4) is 0 Å². The maximum Gasteiger partial charge on any atom is 0.0695 e. The van der Waals surface area contributed by atoms with E-state index in [0.29, 0.717) is 0 Å². The zero-order valence-electron chi connectivity index (χ0n) is 11.8. The van der Waals surface area contributed by atoms with E-state index in [1.165, 1.54) is 18.4 Å². The number of rotatable bonds is 3. The summed E-state index contributed by atoms with van der Waals surface area (Å²) in [7, 11) is 2.12. The molecule has 1 fully saturated rings. The van der Waals surface area contributed by atoms with E-state index in [9.17, 15) is 5.11 Å². The van der Waals surface area contributed by atoms with Crippen molar-refractivity contribution in [3.05, 3.63) is 34.9 Å². The molecule has 0 radical (unpaired) electrons. The summed E-state index contributed by atoms with van der Waals surface area (Å²) in [6.45, 7) is 2.18. The van der Waals surface area contributed by atoms with Gasteiger partial charge >= 0.3 is 0 Å². The molecule has 0 spiro atoms. The van der Waals surface area contributed by atoms with Crippen molar-refractivity contribution in [2.45, 2.75) is 57.2 Å². The van der Waals surface area contributed by atoms with Crippen molar-refractivity contribution in [3.63, 3.8) is 0 Å². The van der Waals surface area contributed by atoms with Gasteiger partial charge in [0.25, 0.3) is 0 Å². The Morgan fingerprint density at radius 1 is 1.26 bits per heavy atom. The summed E-state index contributed by atoms with van der Waals surface area (Å²) in [6, 6.07) is 8.55. The fourth-order valence-electron chi connectivity index (χ4n) is 3.03. The summed E-state index contributed by atoms with van der Waals surface area (Å²) >= 11 is 6.07. The highest BCUT2D eigenvalue weighted by Gasteiger charge is 2.28. The molecule has 2 nitrogen and oxygen atoms in total. The molecule has 1 saturated carbocycles. The molecule has 0 saturated heterocycles. The molecule has 106 valence electrons. The smallest absolute Gasteiger partial charge is 0.0695 e. The monoisotopic (exact) mass is 281 g/mol. The third kappa shape index (κ3) is 3.71. The third-order valence-corrected chi connectivity index (χ3v) is 4.64. The lowest BCUT2D eigenvalue weighted by atomic mass is 10.00. The number of benzene rings is 1. The summed E-state index contributed by atoms with van der Waals surface area (Å²) < 4.78 is 0. The molecule has 1 N–H and O–H groups in total. The first-order valence-electron chi connectivity index (χ1n) is 7.25. The van der Waals surface area contributed by atoms with Crippen LogP contribution in [-0.4, -0.2) is 29.2 Å². The normalized spacial score (nSPS) is 26.2. The van der Waals surface area contributed by atoms with Crippen LogP contribution in [0.4, 0.5) is 0 Å². The second-order valence-corrected chi connectivity index (χ2v) is 6.11. The van der Waals surface area contributed by atoms with Crippen LogP contribution in [-0.2, 0) is 0 Å². The highest BCUT2D eigenvalue weighted by Crippen LogP contribution is 2.29. The highest BCUT2D eigenvalue weighted by atomic mass is 35.5. The average molecular weight is 282 g/mol. The molecule has 0 aromatic heterocycles. The Bertz CT molecular complexity index is 409. The zero-order chi connectivity index (χ0) is 13.8. The fourth-order valence-corrected chi connectivity index (χ4v) is 3.23. The van der Waals surface area contributed by atoms with Crippen molar-refractivity contribution in [2.24, 2.45) is 0 Å². The fraction of sp³-hybridized carbons (Fsp3) is 0.625. The maximum absolute atomic E-state index is 10.3. The van der Waals surface area contributed by atoms with Crippen molar-refractivity contribution in [1.29, 1.82) is 0 Å². The van der Waals surface area contributed by atoms with E-state index in [4.69, 9.17) is 11.6 Å². The second-order valence-electron chi connectivity index (χ2n) is 5.67. The molecule has 1 aromatic rings. The van der Waals surface area contributed by atoms with Gasteiger partial charge in [0.1, 0.15) is 0 Å². The first-order valence-corrected chi connectivity index (χ1v) is 7.63. The minimum atomic E-state index is -0.200. The van der Waals surface area contributed by atoms with Gasteiger partial charge in [-0.15, -0.1) is 0 Å². The molecule has 0 amide bonds. The van der Waals surface area contributed by atoms with Crippen LogP contribution >= 0.6 is 11.6 Å². The lowest BCUT2D eigenvalue weighted by Crippen LogP contribution is -2.41. The number of aliphatic hydroxyl groups excluding tert-OH is 1. The number of hydrogen-bond acceptors (Lipinski definition) is 2.